The lowest BCUT2D eigenvalue weighted by molar-refractivity contribution is -0.141. The first-order valence-electron chi connectivity index (χ1n) is 17.1. The number of likely N-dealkylation sites (tertiary alicyclic amines) is 1. The average Bonchev–Trinajstić information content (AvgIpc) is 3.76. The maximum Gasteiger partial charge on any atom is 0.248 e. The predicted molar refractivity (Wildman–Crippen MR) is 190 cm³/mol. The summed E-state index contributed by atoms with van der Waals surface area (Å²) < 4.78 is 12.5. The molecule has 8 nitrogen and oxygen atoms in total. The number of amides is 2. The summed E-state index contributed by atoms with van der Waals surface area (Å²) in [5.41, 5.74) is 10.0. The number of hydrogen-bond acceptors (Lipinski definition) is 6. The molecule has 1 saturated heterocycles. The van der Waals surface area contributed by atoms with Crippen molar-refractivity contribution in [2.45, 2.75) is 90.3 Å². The van der Waals surface area contributed by atoms with Crippen molar-refractivity contribution in [3.05, 3.63) is 119 Å². The fourth-order valence-corrected chi connectivity index (χ4v) is 6.50. The van der Waals surface area contributed by atoms with E-state index in [9.17, 15) is 9.59 Å². The Labute approximate surface area is 285 Å². The van der Waals surface area contributed by atoms with E-state index in [4.69, 9.17) is 20.2 Å². The molecule has 8 heteroatoms. The molecule has 0 radical (unpaired) electrons. The Morgan fingerprint density at radius 2 is 1.73 bits per heavy atom. The molecule has 0 saturated carbocycles. The van der Waals surface area contributed by atoms with Gasteiger partial charge in [0.15, 0.2) is 5.90 Å². The van der Waals surface area contributed by atoms with Crippen LogP contribution in [0, 0.1) is 12.3 Å². The van der Waals surface area contributed by atoms with E-state index in [2.05, 4.69) is 79.8 Å². The summed E-state index contributed by atoms with van der Waals surface area (Å²) in [5.74, 6) is 0.165. The Hall–Kier alpha value is -4.27. The Balaban J connectivity index is 1.37. The summed E-state index contributed by atoms with van der Waals surface area (Å²) >= 11 is 0. The molecule has 2 aliphatic rings. The van der Waals surface area contributed by atoms with E-state index in [0.717, 1.165) is 30.7 Å². The Morgan fingerprint density at radius 1 is 1.04 bits per heavy atom. The summed E-state index contributed by atoms with van der Waals surface area (Å²) in [4.78, 5) is 33.9. The van der Waals surface area contributed by atoms with Gasteiger partial charge in [-0.2, -0.15) is 0 Å². The number of nitrogens with zero attached hydrogens (tertiary/aromatic N) is 2. The maximum absolute atomic E-state index is 14.2. The highest BCUT2D eigenvalue weighted by atomic mass is 16.5. The molecule has 48 heavy (non-hydrogen) atoms. The van der Waals surface area contributed by atoms with E-state index in [-0.39, 0.29) is 23.9 Å². The molecular weight excluding hydrogens is 600 g/mol. The van der Waals surface area contributed by atoms with Crippen LogP contribution in [0.15, 0.2) is 102 Å². The van der Waals surface area contributed by atoms with Crippen molar-refractivity contribution in [1.82, 2.24) is 10.2 Å². The third-order valence-electron chi connectivity index (χ3n) is 9.24. The smallest absolute Gasteiger partial charge is 0.248 e. The molecule has 2 heterocycles. The van der Waals surface area contributed by atoms with Crippen LogP contribution >= 0.6 is 0 Å². The van der Waals surface area contributed by atoms with E-state index in [0.29, 0.717) is 26.2 Å². The van der Waals surface area contributed by atoms with Crippen LogP contribution in [0.25, 0.3) is 0 Å². The average molecular weight is 651 g/mol. The first kappa shape index (κ1) is 35.0. The van der Waals surface area contributed by atoms with Crippen LogP contribution in [-0.4, -0.2) is 66.0 Å². The van der Waals surface area contributed by atoms with Gasteiger partial charge in [0.25, 0.3) is 0 Å². The normalized spacial score (nSPS) is 20.9. The number of hydrogen-bond donors (Lipinski definition) is 2. The van der Waals surface area contributed by atoms with Crippen LogP contribution in [0.3, 0.4) is 0 Å². The zero-order chi connectivity index (χ0) is 34.1. The molecule has 0 spiro atoms. The number of nitrogens with two attached hydrogens (primary N) is 1. The third-order valence-corrected chi connectivity index (χ3v) is 9.24. The van der Waals surface area contributed by atoms with Crippen molar-refractivity contribution in [3.8, 4) is 0 Å². The van der Waals surface area contributed by atoms with Gasteiger partial charge < -0.3 is 25.4 Å². The second kappa shape index (κ2) is 16.2. The van der Waals surface area contributed by atoms with Crippen LogP contribution in [0.2, 0.25) is 0 Å². The van der Waals surface area contributed by atoms with Crippen LogP contribution < -0.4 is 11.1 Å². The van der Waals surface area contributed by atoms with Crippen LogP contribution in [-0.2, 0) is 38.5 Å². The topological polar surface area (TPSA) is 106 Å². The SMILES string of the molecule is Cc1cccc(C[C@](C)(/C=C/C2CCCN2C(=O)C(NC(=O)C(C)N)C(C)OCc2ccccc2)C2=N[C@@H](Cc3ccccc3)CO2)c1. The fraction of sp³-hybridized carbons (Fsp3) is 0.425. The zero-order valence-corrected chi connectivity index (χ0v) is 28.7. The van der Waals surface area contributed by atoms with Gasteiger partial charge in [0.1, 0.15) is 12.6 Å². The summed E-state index contributed by atoms with van der Waals surface area (Å²) in [7, 11) is 0. The molecule has 0 aliphatic carbocycles. The zero-order valence-electron chi connectivity index (χ0n) is 28.7. The first-order valence-corrected chi connectivity index (χ1v) is 17.1. The highest BCUT2D eigenvalue weighted by Crippen LogP contribution is 2.33. The molecule has 3 aromatic rings. The van der Waals surface area contributed by atoms with Crippen molar-refractivity contribution >= 4 is 17.7 Å². The van der Waals surface area contributed by atoms with Gasteiger partial charge in [-0.15, -0.1) is 0 Å². The first-order chi connectivity index (χ1) is 23.1. The monoisotopic (exact) mass is 650 g/mol. The second-order valence-corrected chi connectivity index (χ2v) is 13.5. The molecular formula is C40H50N4O4. The van der Waals surface area contributed by atoms with Crippen LogP contribution in [0.5, 0.6) is 0 Å². The maximum atomic E-state index is 14.2. The molecule has 3 aromatic carbocycles. The number of benzene rings is 3. The summed E-state index contributed by atoms with van der Waals surface area (Å²) in [6.45, 7) is 9.17. The number of carbonyl (C=O) groups is 2. The molecule has 3 N–H and O–H groups in total. The second-order valence-electron chi connectivity index (χ2n) is 13.5. The lowest BCUT2D eigenvalue weighted by atomic mass is 9.82. The van der Waals surface area contributed by atoms with Gasteiger partial charge in [-0.1, -0.05) is 103 Å². The van der Waals surface area contributed by atoms with E-state index < -0.39 is 23.6 Å². The number of aryl methyl sites for hydroxylation is 1. The molecule has 4 unspecified atom stereocenters. The molecule has 5 rings (SSSR count). The summed E-state index contributed by atoms with van der Waals surface area (Å²) in [5, 5.41) is 2.89. The van der Waals surface area contributed by atoms with E-state index in [1.807, 2.05) is 48.2 Å². The molecule has 0 bridgehead atoms. The Bertz CT molecular complexity index is 1570. The standard InChI is InChI=1S/C40H50N4O4/c1-28-13-11-18-33(23-28)25-40(4,39-42-34(27-48-39)24-31-14-7-5-8-15-31)21-20-35-19-12-22-44(35)38(46)36(43-37(45)29(2)41)30(3)47-26-32-16-9-6-10-17-32/h5-11,13-18,20-21,23,29-30,34-36H,12,19,22,24-27,41H2,1-4H3,(H,43,45)/b21-20+/t29?,30?,34-,35?,36?,40-/m0/s1. The van der Waals surface area contributed by atoms with Gasteiger partial charge in [0.05, 0.1) is 36.3 Å². The summed E-state index contributed by atoms with van der Waals surface area (Å²) in [6, 6.07) is 27.0. The number of nitrogens with one attached hydrogen (secondary N) is 1. The van der Waals surface area contributed by atoms with Crippen molar-refractivity contribution in [3.63, 3.8) is 0 Å². The minimum atomic E-state index is -0.874. The minimum Gasteiger partial charge on any atom is -0.478 e. The highest BCUT2D eigenvalue weighted by molar-refractivity contribution is 5.90. The van der Waals surface area contributed by atoms with Gasteiger partial charge in [0.2, 0.25) is 11.8 Å². The molecule has 2 amide bonds. The lowest BCUT2D eigenvalue weighted by Crippen LogP contribution is -2.57. The quantitative estimate of drug-likeness (QED) is 0.222. The number of rotatable bonds is 14. The number of ether oxygens (including phenoxy) is 2. The fourth-order valence-electron chi connectivity index (χ4n) is 6.50. The Kier molecular flexibility index (Phi) is 11.8. The van der Waals surface area contributed by atoms with Crippen molar-refractivity contribution in [2.24, 2.45) is 16.1 Å². The van der Waals surface area contributed by atoms with Crippen LogP contribution in [0.4, 0.5) is 0 Å². The van der Waals surface area contributed by atoms with Gasteiger partial charge in [-0.25, -0.2) is 4.99 Å². The predicted octanol–water partition coefficient (Wildman–Crippen LogP) is 5.57. The molecule has 6 atom stereocenters. The minimum absolute atomic E-state index is 0.0453. The van der Waals surface area contributed by atoms with Crippen molar-refractivity contribution in [1.29, 1.82) is 0 Å². The summed E-state index contributed by atoms with van der Waals surface area (Å²) in [6.07, 6.45) is 6.95. The number of aliphatic imine (C=N–C) groups is 1. The van der Waals surface area contributed by atoms with Crippen molar-refractivity contribution < 1.29 is 19.1 Å². The molecule has 254 valence electrons. The highest BCUT2D eigenvalue weighted by Gasteiger charge is 2.39. The number of carbonyl (C=O) groups excluding carboxylic acids is 2. The molecule has 2 aliphatic heterocycles. The van der Waals surface area contributed by atoms with Gasteiger partial charge in [-0.05, 0) is 70.1 Å². The van der Waals surface area contributed by atoms with Crippen molar-refractivity contribution in [2.75, 3.05) is 13.2 Å². The van der Waals surface area contributed by atoms with E-state index >= 15 is 0 Å². The van der Waals surface area contributed by atoms with E-state index in [1.54, 1.807) is 6.92 Å². The molecule has 1 fully saturated rings. The van der Waals surface area contributed by atoms with Gasteiger partial charge in [-0.3, -0.25) is 9.59 Å². The van der Waals surface area contributed by atoms with Gasteiger partial charge >= 0.3 is 0 Å². The lowest BCUT2D eigenvalue weighted by Gasteiger charge is -2.32. The largest absolute Gasteiger partial charge is 0.478 e. The Morgan fingerprint density at radius 3 is 2.42 bits per heavy atom. The van der Waals surface area contributed by atoms with E-state index in [1.165, 1.54) is 16.7 Å². The third kappa shape index (κ3) is 9.20. The van der Waals surface area contributed by atoms with Crippen LogP contribution in [0.1, 0.15) is 55.9 Å². The van der Waals surface area contributed by atoms with Gasteiger partial charge in [0, 0.05) is 6.54 Å². The molecule has 0 aromatic heterocycles.